The minimum absolute atomic E-state index is 0.0244. The van der Waals surface area contributed by atoms with E-state index < -0.39 is 102 Å². The van der Waals surface area contributed by atoms with Crippen molar-refractivity contribution in [3.05, 3.63) is 90.1 Å². The lowest BCUT2D eigenvalue weighted by Gasteiger charge is -2.28. The van der Waals surface area contributed by atoms with Gasteiger partial charge in [-0.2, -0.15) is 0 Å². The third-order valence-corrected chi connectivity index (χ3v) is 14.0. The van der Waals surface area contributed by atoms with Crippen LogP contribution in [-0.2, 0) is 67.2 Å². The Labute approximate surface area is 482 Å². The van der Waals surface area contributed by atoms with E-state index in [0.29, 0.717) is 62.6 Å². The summed E-state index contributed by atoms with van der Waals surface area (Å²) in [5.74, 6) is -7.08. The molecule has 2 aromatic heterocycles. The Morgan fingerprint density at radius 3 is 2.04 bits per heavy atom. The van der Waals surface area contributed by atoms with Crippen molar-refractivity contribution in [3.63, 3.8) is 0 Å². The van der Waals surface area contributed by atoms with Crippen LogP contribution in [0, 0.1) is 0 Å². The normalized spacial score (nSPS) is 21.4. The molecule has 26 nitrogen and oxygen atoms in total. The number of hydrogen-bond donors (Lipinski definition) is 14. The smallest absolute Gasteiger partial charge is 0.243 e. The summed E-state index contributed by atoms with van der Waals surface area (Å²) in [7, 11) is 0. The van der Waals surface area contributed by atoms with Crippen LogP contribution in [0.1, 0.15) is 121 Å². The average molecular weight is 1150 g/mol. The van der Waals surface area contributed by atoms with E-state index in [1.807, 2.05) is 31.2 Å². The second kappa shape index (κ2) is 34.4. The summed E-state index contributed by atoms with van der Waals surface area (Å²) < 4.78 is 0. The van der Waals surface area contributed by atoms with Crippen LogP contribution in [0.5, 0.6) is 0 Å². The van der Waals surface area contributed by atoms with Gasteiger partial charge in [0.05, 0.1) is 12.7 Å². The monoisotopic (exact) mass is 1150 g/mol. The molecule has 1 aliphatic rings. The lowest BCUT2D eigenvalue weighted by atomic mass is 10.0. The fourth-order valence-electron chi connectivity index (χ4n) is 9.49. The minimum Gasteiger partial charge on any atom is -0.370 e. The van der Waals surface area contributed by atoms with E-state index >= 15 is 0 Å². The minimum atomic E-state index is -1.61. The van der Waals surface area contributed by atoms with Crippen LogP contribution in [0.3, 0.4) is 0 Å². The number of aromatic nitrogens is 3. The number of carbonyl (C=O) groups excluding carboxylic acids is 10. The Morgan fingerprint density at radius 2 is 1.34 bits per heavy atom. The molecule has 450 valence electrons. The molecule has 0 radical (unpaired) electrons. The molecule has 0 unspecified atom stereocenters. The number of benzene rings is 2. The van der Waals surface area contributed by atoms with E-state index in [1.54, 1.807) is 36.5 Å². The van der Waals surface area contributed by atoms with Crippen LogP contribution < -0.4 is 65.1 Å². The number of rotatable bonds is 17. The van der Waals surface area contributed by atoms with Gasteiger partial charge in [0.25, 0.3) is 0 Å². The van der Waals surface area contributed by atoms with Gasteiger partial charge in [-0.25, -0.2) is 4.98 Å². The molecule has 0 aliphatic carbocycles. The van der Waals surface area contributed by atoms with Gasteiger partial charge >= 0.3 is 0 Å². The van der Waals surface area contributed by atoms with Gasteiger partial charge in [-0.05, 0) is 68.6 Å². The van der Waals surface area contributed by atoms with Crippen molar-refractivity contribution in [2.24, 2.45) is 22.2 Å². The molecule has 1 saturated heterocycles. The summed E-state index contributed by atoms with van der Waals surface area (Å²) in [5, 5.41) is 25.5. The van der Waals surface area contributed by atoms with Crippen LogP contribution in [0.4, 0.5) is 0 Å². The van der Waals surface area contributed by atoms with Crippen LogP contribution in [0.25, 0.3) is 10.9 Å². The number of carbonyl (C=O) groups is 10. The molecule has 83 heavy (non-hydrogen) atoms. The molecule has 17 N–H and O–H groups in total. The van der Waals surface area contributed by atoms with Crippen molar-refractivity contribution < 1.29 is 47.9 Å². The summed E-state index contributed by atoms with van der Waals surface area (Å²) >= 11 is 0. The van der Waals surface area contributed by atoms with Gasteiger partial charge in [0, 0.05) is 81.2 Å². The predicted octanol–water partition coefficient (Wildman–Crippen LogP) is -0.182. The molecular weight excluding hydrogens is 1070 g/mol. The van der Waals surface area contributed by atoms with Crippen LogP contribution in [0.2, 0.25) is 0 Å². The first-order valence-electron chi connectivity index (χ1n) is 28.4. The summed E-state index contributed by atoms with van der Waals surface area (Å²) in [6, 6.07) is 7.19. The number of H-pyrrole nitrogens is 2. The second-order valence-corrected chi connectivity index (χ2v) is 20.7. The van der Waals surface area contributed by atoms with E-state index in [1.165, 1.54) is 19.4 Å². The van der Waals surface area contributed by atoms with Crippen LogP contribution in [0.15, 0.2) is 78.3 Å². The summed E-state index contributed by atoms with van der Waals surface area (Å²) in [4.78, 5) is 152. The molecule has 2 aromatic carbocycles. The standard InChI is InChI=1S/C57H82N16O10/c1-3-4-20-42(67-35(2)74)52(79)73-47-31-49(76)62-25-15-13-22-41(50(58)77)68-48(75)24-10-5-6-14-26-63-51(78)45(29-37-32-65-40-21-12-11-19-39(37)40)71-53(80)43(23-16-27-64-57(59)60)69-54(81)44(28-36-17-8-7-9-18-36)70-55(82)46(72-56(47)83)30-38-33-61-34-66-38/h7-9,11-12,17-19,21,32-34,41-47,65H,3-6,10,13-16,20,22-31H2,1-2H3,(H2,58,77)(H,61,66)(H,62,76)(H,63,78)(H,67,74)(H,68,75)(H,69,81)(H,70,82)(H,71,80)(H,72,83)(H,73,79)(H4,59,60,64)/t41-,42-,43-,44+,45+,46-,47-/m0/s1. The molecule has 0 spiro atoms. The third-order valence-electron chi connectivity index (χ3n) is 14.0. The first kappa shape index (κ1) is 65.0. The highest BCUT2D eigenvalue weighted by molar-refractivity contribution is 5.99. The summed E-state index contributed by atoms with van der Waals surface area (Å²) in [6.45, 7) is 3.53. The number of imidazole rings is 1. The van der Waals surface area contributed by atoms with Gasteiger partial charge < -0.3 is 75.0 Å². The Bertz CT molecular complexity index is 2820. The number of nitrogens with two attached hydrogens (primary N) is 3. The Kier molecular flexibility index (Phi) is 27.0. The lowest BCUT2D eigenvalue weighted by molar-refractivity contribution is -0.136. The van der Waals surface area contributed by atoms with E-state index in [0.717, 1.165) is 16.5 Å². The van der Waals surface area contributed by atoms with Gasteiger partial charge in [-0.3, -0.25) is 52.9 Å². The number of fused-ring (bicyclic) bond motifs is 1. The third kappa shape index (κ3) is 22.9. The summed E-state index contributed by atoms with van der Waals surface area (Å²) in [6.07, 6.45) is 8.52. The largest absolute Gasteiger partial charge is 0.370 e. The molecule has 7 atom stereocenters. The van der Waals surface area contributed by atoms with Crippen molar-refractivity contribution in [3.8, 4) is 0 Å². The molecule has 26 heteroatoms. The molecule has 0 saturated carbocycles. The molecule has 3 heterocycles. The molecule has 5 rings (SSSR count). The van der Waals surface area contributed by atoms with Gasteiger partial charge in [0.15, 0.2) is 5.96 Å². The van der Waals surface area contributed by atoms with Crippen molar-refractivity contribution in [2.75, 3.05) is 19.6 Å². The quantitative estimate of drug-likeness (QED) is 0.0371. The number of nitrogens with zero attached hydrogens (tertiary/aromatic N) is 2. The maximum absolute atomic E-state index is 14.8. The summed E-state index contributed by atoms with van der Waals surface area (Å²) in [5.41, 5.74) is 19.4. The number of aromatic amines is 2. The molecule has 10 amide bonds. The maximum atomic E-state index is 14.8. The molecule has 4 aromatic rings. The van der Waals surface area contributed by atoms with Crippen LogP contribution >= 0.6 is 0 Å². The van der Waals surface area contributed by atoms with Crippen molar-refractivity contribution in [1.29, 1.82) is 0 Å². The number of amides is 10. The molecule has 0 bridgehead atoms. The number of hydrogen-bond acceptors (Lipinski definition) is 12. The highest BCUT2D eigenvalue weighted by Crippen LogP contribution is 2.20. The van der Waals surface area contributed by atoms with Gasteiger partial charge in [0.1, 0.15) is 42.3 Å². The SMILES string of the molecule is CCCC[C@H](NC(C)=O)C(=O)N[C@H]1CC(=O)NCCCC[C@@H](C(N)=O)NC(=O)CCCCCCNC(=O)[C@@H](Cc2c[nH]c3ccccc23)NC(=O)[C@H](CCCN=C(N)N)NC(=O)[C@@H](Cc2ccccc2)NC(=O)[C@H](Cc2cnc[nH]2)NC1=O. The zero-order valence-electron chi connectivity index (χ0n) is 47.3. The average Bonchev–Trinajstić information content (AvgIpc) is 4.34. The topological polar surface area (TPSA) is 414 Å². The number of aliphatic imine (C=N–C) groups is 1. The number of para-hydroxylation sites is 1. The van der Waals surface area contributed by atoms with Crippen molar-refractivity contribution >= 4 is 75.9 Å². The number of primary amides is 1. The van der Waals surface area contributed by atoms with E-state index in [4.69, 9.17) is 17.2 Å². The molecule has 1 fully saturated rings. The Balaban J connectivity index is 1.51. The number of guanidine groups is 1. The fourth-order valence-corrected chi connectivity index (χ4v) is 9.49. The highest BCUT2D eigenvalue weighted by Gasteiger charge is 2.35. The Morgan fingerprint density at radius 1 is 0.687 bits per heavy atom. The zero-order chi connectivity index (χ0) is 60.1. The second-order valence-electron chi connectivity index (χ2n) is 20.7. The van der Waals surface area contributed by atoms with Crippen LogP contribution in [-0.4, -0.2) is 142 Å². The highest BCUT2D eigenvalue weighted by atomic mass is 16.2. The van der Waals surface area contributed by atoms with Gasteiger partial charge in [-0.1, -0.05) is 81.1 Å². The lowest BCUT2D eigenvalue weighted by Crippen LogP contribution is -2.60. The van der Waals surface area contributed by atoms with E-state index in [9.17, 15) is 47.9 Å². The van der Waals surface area contributed by atoms with E-state index in [-0.39, 0.29) is 82.9 Å². The molecule has 1 aliphatic heterocycles. The Hall–Kier alpha value is -8.84. The van der Waals surface area contributed by atoms with Crippen molar-refractivity contribution in [1.82, 2.24) is 62.8 Å². The fraction of sp³-hybridized carbons (Fsp3) is 0.509. The maximum Gasteiger partial charge on any atom is 0.243 e. The zero-order valence-corrected chi connectivity index (χ0v) is 47.3. The predicted molar refractivity (Wildman–Crippen MR) is 310 cm³/mol. The van der Waals surface area contributed by atoms with E-state index in [2.05, 4.69) is 67.8 Å². The first-order chi connectivity index (χ1) is 39.9. The van der Waals surface area contributed by atoms with Crippen molar-refractivity contribution in [2.45, 2.75) is 165 Å². The van der Waals surface area contributed by atoms with Gasteiger partial charge in [-0.15, -0.1) is 0 Å². The first-order valence-corrected chi connectivity index (χ1v) is 28.4. The number of nitrogens with one attached hydrogen (secondary N) is 11. The van der Waals surface area contributed by atoms with Gasteiger partial charge in [0.2, 0.25) is 59.1 Å². The number of unbranched alkanes of at least 4 members (excludes halogenated alkanes) is 1. The molecular formula is C57H82N16O10.